The molecular formula is C10H7Cl2N3O2S. The van der Waals surface area contributed by atoms with Gasteiger partial charge in [-0.3, -0.25) is 0 Å². The molecule has 18 heavy (non-hydrogen) atoms. The lowest BCUT2D eigenvalue weighted by molar-refractivity contribution is -0.392. The molecule has 0 saturated carbocycles. The maximum atomic E-state index is 10.8. The minimum atomic E-state index is -0.535. The minimum Gasteiger partial charge on any atom is -0.358 e. The number of rotatable bonds is 3. The van der Waals surface area contributed by atoms with Crippen LogP contribution in [0.25, 0.3) is 0 Å². The van der Waals surface area contributed by atoms with Crippen LogP contribution in [0, 0.1) is 10.1 Å². The molecule has 2 aromatic rings. The fraction of sp³-hybridized carbons (Fsp3) is 0.100. The Labute approximate surface area is 117 Å². The van der Waals surface area contributed by atoms with Crippen LogP contribution in [0.5, 0.6) is 0 Å². The average Bonchev–Trinajstić information content (AvgIpc) is 2.66. The highest BCUT2D eigenvalue weighted by Gasteiger charge is 2.22. The standard InChI is InChI=1S/C10H7Cl2N3O2S/c1-14-5-13-9(15(16)17)10(14)18-8-6(11)3-2-4-7(8)12/h2-5H,1H3. The van der Waals surface area contributed by atoms with Crippen molar-refractivity contribution in [1.82, 2.24) is 9.55 Å². The first kappa shape index (κ1) is 13.2. The summed E-state index contributed by atoms with van der Waals surface area (Å²) in [6.07, 6.45) is 1.38. The van der Waals surface area contributed by atoms with Crippen LogP contribution in [-0.4, -0.2) is 14.5 Å². The second-order valence-electron chi connectivity index (χ2n) is 3.39. The number of nitro groups is 1. The summed E-state index contributed by atoms with van der Waals surface area (Å²) >= 11 is 13.2. The zero-order valence-corrected chi connectivity index (χ0v) is 11.5. The molecule has 0 spiro atoms. The van der Waals surface area contributed by atoms with Crippen molar-refractivity contribution in [2.24, 2.45) is 7.05 Å². The Balaban J connectivity index is 2.46. The van der Waals surface area contributed by atoms with Crippen molar-refractivity contribution in [3.05, 3.63) is 44.7 Å². The van der Waals surface area contributed by atoms with Gasteiger partial charge >= 0.3 is 5.82 Å². The first-order valence-corrected chi connectivity index (χ1v) is 6.35. The normalized spacial score (nSPS) is 10.6. The van der Waals surface area contributed by atoms with Crippen molar-refractivity contribution < 1.29 is 4.92 Å². The lowest BCUT2D eigenvalue weighted by Gasteiger charge is -2.06. The lowest BCUT2D eigenvalue weighted by Crippen LogP contribution is -1.93. The molecule has 1 heterocycles. The Bertz CT molecular complexity index is 595. The molecule has 0 atom stereocenters. The summed E-state index contributed by atoms with van der Waals surface area (Å²) in [7, 11) is 1.67. The van der Waals surface area contributed by atoms with Gasteiger partial charge in [0.15, 0.2) is 5.03 Å². The van der Waals surface area contributed by atoms with Crippen LogP contribution < -0.4 is 0 Å². The van der Waals surface area contributed by atoms with E-state index in [1.807, 2.05) is 0 Å². The number of nitrogens with zero attached hydrogens (tertiary/aromatic N) is 3. The van der Waals surface area contributed by atoms with Crippen LogP contribution in [-0.2, 0) is 7.05 Å². The third-order valence-electron chi connectivity index (χ3n) is 2.16. The third-order valence-corrected chi connectivity index (χ3v) is 4.32. The molecule has 0 saturated heterocycles. The van der Waals surface area contributed by atoms with Crippen LogP contribution in [0.2, 0.25) is 10.0 Å². The van der Waals surface area contributed by atoms with Gasteiger partial charge in [-0.1, -0.05) is 41.0 Å². The van der Waals surface area contributed by atoms with Crippen LogP contribution >= 0.6 is 35.0 Å². The summed E-state index contributed by atoms with van der Waals surface area (Å²) in [6, 6.07) is 5.07. The molecule has 0 radical (unpaired) electrons. The maximum absolute atomic E-state index is 10.8. The number of hydrogen-bond donors (Lipinski definition) is 0. The summed E-state index contributed by atoms with van der Waals surface area (Å²) in [5.74, 6) is -0.210. The fourth-order valence-electron chi connectivity index (χ4n) is 1.33. The highest BCUT2D eigenvalue weighted by atomic mass is 35.5. The summed E-state index contributed by atoms with van der Waals surface area (Å²) < 4.78 is 1.56. The number of hydrogen-bond acceptors (Lipinski definition) is 4. The van der Waals surface area contributed by atoms with Crippen molar-refractivity contribution in [2.45, 2.75) is 9.92 Å². The molecule has 0 amide bonds. The van der Waals surface area contributed by atoms with Crippen molar-refractivity contribution in [3.63, 3.8) is 0 Å². The summed E-state index contributed by atoms with van der Waals surface area (Å²) in [4.78, 5) is 14.6. The number of benzene rings is 1. The molecule has 2 rings (SSSR count). The topological polar surface area (TPSA) is 61.0 Å². The van der Waals surface area contributed by atoms with Crippen molar-refractivity contribution in [3.8, 4) is 0 Å². The Morgan fingerprint density at radius 1 is 1.39 bits per heavy atom. The largest absolute Gasteiger partial charge is 0.396 e. The first-order chi connectivity index (χ1) is 8.50. The molecule has 1 aromatic heterocycles. The van der Waals surface area contributed by atoms with Crippen LogP contribution in [0.15, 0.2) is 34.4 Å². The van der Waals surface area contributed by atoms with E-state index in [9.17, 15) is 10.1 Å². The van der Waals surface area contributed by atoms with E-state index in [4.69, 9.17) is 23.2 Å². The van der Waals surface area contributed by atoms with Gasteiger partial charge in [-0.15, -0.1) is 0 Å². The first-order valence-electron chi connectivity index (χ1n) is 4.78. The van der Waals surface area contributed by atoms with Crippen molar-refractivity contribution >= 4 is 40.8 Å². The number of imidazole rings is 1. The predicted molar refractivity (Wildman–Crippen MR) is 70.4 cm³/mol. The Morgan fingerprint density at radius 3 is 2.56 bits per heavy atom. The van der Waals surface area contributed by atoms with E-state index in [-0.39, 0.29) is 5.82 Å². The van der Waals surface area contributed by atoms with E-state index < -0.39 is 4.92 Å². The van der Waals surface area contributed by atoms with Crippen LogP contribution in [0.4, 0.5) is 5.82 Å². The summed E-state index contributed by atoms with van der Waals surface area (Å²) in [6.45, 7) is 0. The van der Waals surface area contributed by atoms with Crippen LogP contribution in [0.3, 0.4) is 0 Å². The minimum absolute atomic E-state index is 0.210. The molecule has 0 N–H and O–H groups in total. The van der Waals surface area contributed by atoms with Crippen LogP contribution in [0.1, 0.15) is 0 Å². The highest BCUT2D eigenvalue weighted by Crippen LogP contribution is 2.41. The van der Waals surface area contributed by atoms with E-state index in [1.54, 1.807) is 29.8 Å². The van der Waals surface area contributed by atoms with Gasteiger partial charge in [-0.2, -0.15) is 0 Å². The van der Waals surface area contributed by atoms with E-state index in [1.165, 1.54) is 6.33 Å². The Kier molecular flexibility index (Phi) is 3.79. The molecule has 0 bridgehead atoms. The molecule has 94 valence electrons. The monoisotopic (exact) mass is 303 g/mol. The highest BCUT2D eigenvalue weighted by molar-refractivity contribution is 7.99. The molecule has 1 aromatic carbocycles. The SMILES string of the molecule is Cn1cnc([N+](=O)[O-])c1Sc1c(Cl)cccc1Cl. The Morgan fingerprint density at radius 2 is 2.00 bits per heavy atom. The van der Waals surface area contributed by atoms with Gasteiger partial charge in [0.25, 0.3) is 0 Å². The number of halogens is 2. The van der Waals surface area contributed by atoms with Crippen molar-refractivity contribution in [1.29, 1.82) is 0 Å². The Hall–Kier alpha value is -1.24. The van der Waals surface area contributed by atoms with Gasteiger partial charge in [-0.25, -0.2) is 0 Å². The van der Waals surface area contributed by atoms with E-state index in [2.05, 4.69) is 4.98 Å². The molecule has 0 aliphatic heterocycles. The second kappa shape index (κ2) is 5.17. The number of aryl methyl sites for hydroxylation is 1. The molecule has 0 aliphatic carbocycles. The van der Waals surface area contributed by atoms with E-state index in [0.717, 1.165) is 11.8 Å². The third kappa shape index (κ3) is 2.45. The van der Waals surface area contributed by atoms with E-state index in [0.29, 0.717) is 20.0 Å². The van der Waals surface area contributed by atoms with Gasteiger partial charge in [0, 0.05) is 7.05 Å². The van der Waals surface area contributed by atoms with E-state index >= 15 is 0 Å². The smallest absolute Gasteiger partial charge is 0.358 e. The zero-order chi connectivity index (χ0) is 13.3. The average molecular weight is 304 g/mol. The molecule has 0 unspecified atom stereocenters. The van der Waals surface area contributed by atoms with Gasteiger partial charge in [0.2, 0.25) is 6.33 Å². The molecular weight excluding hydrogens is 297 g/mol. The maximum Gasteiger partial charge on any atom is 0.396 e. The molecule has 5 nitrogen and oxygen atoms in total. The molecule has 0 fully saturated rings. The second-order valence-corrected chi connectivity index (χ2v) is 5.21. The molecule has 0 aliphatic rings. The predicted octanol–water partition coefficient (Wildman–Crippen LogP) is 3.79. The quantitative estimate of drug-likeness (QED) is 0.639. The van der Waals surface area contributed by atoms with Gasteiger partial charge < -0.3 is 14.7 Å². The number of aromatic nitrogens is 2. The lowest BCUT2D eigenvalue weighted by atomic mass is 10.4. The fourth-order valence-corrected chi connectivity index (χ4v) is 2.89. The summed E-state index contributed by atoms with van der Waals surface area (Å²) in [5, 5.41) is 12.1. The van der Waals surface area contributed by atoms with Gasteiger partial charge in [0.05, 0.1) is 14.9 Å². The molecule has 8 heteroatoms. The zero-order valence-electron chi connectivity index (χ0n) is 9.13. The summed E-state index contributed by atoms with van der Waals surface area (Å²) in [5.41, 5.74) is 0. The van der Waals surface area contributed by atoms with Gasteiger partial charge in [0.1, 0.15) is 0 Å². The van der Waals surface area contributed by atoms with Gasteiger partial charge in [-0.05, 0) is 22.0 Å². The van der Waals surface area contributed by atoms with Crippen molar-refractivity contribution in [2.75, 3.05) is 0 Å².